The van der Waals surface area contributed by atoms with Gasteiger partial charge in [0.05, 0.1) is 29.4 Å². The second kappa shape index (κ2) is 9.48. The number of halogens is 2. The highest BCUT2D eigenvalue weighted by Gasteiger charge is 2.22. The van der Waals surface area contributed by atoms with Crippen molar-refractivity contribution in [3.63, 3.8) is 0 Å². The van der Waals surface area contributed by atoms with Crippen molar-refractivity contribution >= 4 is 44.5 Å². The van der Waals surface area contributed by atoms with Gasteiger partial charge in [-0.15, -0.1) is 0 Å². The van der Waals surface area contributed by atoms with Crippen LogP contribution in [-0.2, 0) is 17.8 Å². The first-order valence-electron chi connectivity index (χ1n) is 10.3. The average Bonchev–Trinajstić information content (AvgIpc) is 3.32. The van der Waals surface area contributed by atoms with Gasteiger partial charge in [-0.25, -0.2) is 9.78 Å². The molecule has 2 aromatic heterocycles. The molecule has 0 saturated carbocycles. The van der Waals surface area contributed by atoms with Crippen LogP contribution in [0.1, 0.15) is 41.6 Å². The molecule has 0 fully saturated rings. The van der Waals surface area contributed by atoms with Gasteiger partial charge >= 0.3 is 5.97 Å². The van der Waals surface area contributed by atoms with E-state index in [4.69, 9.17) is 20.8 Å². The number of esters is 1. The number of rotatable bonds is 7. The Labute approximate surface area is 198 Å². The minimum Gasteiger partial charge on any atom is -0.465 e. The van der Waals surface area contributed by atoms with E-state index in [1.165, 1.54) is 7.11 Å². The molecule has 4 rings (SSSR count). The Hall–Kier alpha value is -2.61. The van der Waals surface area contributed by atoms with Crippen LogP contribution in [0.2, 0.25) is 5.15 Å². The van der Waals surface area contributed by atoms with Gasteiger partial charge in [0, 0.05) is 23.1 Å². The van der Waals surface area contributed by atoms with E-state index in [2.05, 4.69) is 27.8 Å². The number of aliphatic hydroxyl groups excluding tert-OH is 1. The molecule has 4 aromatic rings. The van der Waals surface area contributed by atoms with Gasteiger partial charge in [0.2, 0.25) is 0 Å². The van der Waals surface area contributed by atoms with E-state index in [-0.39, 0.29) is 6.61 Å². The normalized spacial score (nSPS) is 11.3. The van der Waals surface area contributed by atoms with Crippen LogP contribution in [0.3, 0.4) is 0 Å². The fourth-order valence-electron chi connectivity index (χ4n) is 3.76. The standard InChI is InChI=1S/C24H22BrClN2O4/c1-3-4-9-20-27-23(26)18(13-29)28(20)14-10-11-19-17(12-14)21(25)22(32-19)15-7-5-6-8-16(15)24(30)31-2/h5-8,10-12,29H,3-4,9,13H2,1-2H3. The second-order valence-corrected chi connectivity index (χ2v) is 8.48. The molecule has 0 bridgehead atoms. The molecule has 32 heavy (non-hydrogen) atoms. The van der Waals surface area contributed by atoms with Crippen LogP contribution in [0.5, 0.6) is 0 Å². The number of nitrogens with zero attached hydrogens (tertiary/aromatic N) is 2. The zero-order valence-electron chi connectivity index (χ0n) is 17.7. The Balaban J connectivity index is 1.87. The van der Waals surface area contributed by atoms with E-state index >= 15 is 0 Å². The first kappa shape index (κ1) is 22.6. The lowest BCUT2D eigenvalue weighted by Gasteiger charge is -2.11. The molecule has 2 aromatic carbocycles. The summed E-state index contributed by atoms with van der Waals surface area (Å²) < 4.78 is 13.7. The molecular formula is C24H22BrClN2O4. The number of aryl methyl sites for hydroxylation is 1. The summed E-state index contributed by atoms with van der Waals surface area (Å²) in [5.74, 6) is 0.904. The number of carbonyl (C=O) groups excluding carboxylic acids is 1. The van der Waals surface area contributed by atoms with Crippen LogP contribution in [0, 0.1) is 0 Å². The van der Waals surface area contributed by atoms with E-state index in [1.807, 2.05) is 34.9 Å². The number of aromatic nitrogens is 2. The minimum atomic E-state index is -0.435. The van der Waals surface area contributed by atoms with Crippen molar-refractivity contribution in [3.05, 3.63) is 69.2 Å². The van der Waals surface area contributed by atoms with E-state index in [1.54, 1.807) is 12.1 Å². The van der Waals surface area contributed by atoms with Crippen LogP contribution < -0.4 is 0 Å². The van der Waals surface area contributed by atoms with Gasteiger partial charge < -0.3 is 14.3 Å². The van der Waals surface area contributed by atoms with Crippen molar-refractivity contribution < 1.29 is 19.1 Å². The second-order valence-electron chi connectivity index (χ2n) is 7.33. The van der Waals surface area contributed by atoms with Gasteiger partial charge in [-0.05, 0) is 46.6 Å². The SMILES string of the molecule is CCCCc1nc(Cl)c(CO)n1-c1ccc2oc(-c3ccccc3C(=O)OC)c(Br)c2c1. The number of ether oxygens (including phenoxy) is 1. The van der Waals surface area contributed by atoms with Crippen molar-refractivity contribution in [1.82, 2.24) is 9.55 Å². The van der Waals surface area contributed by atoms with Gasteiger partial charge in [-0.2, -0.15) is 0 Å². The Kier molecular flexibility index (Phi) is 6.69. The first-order valence-corrected chi connectivity index (χ1v) is 11.4. The van der Waals surface area contributed by atoms with Crippen molar-refractivity contribution in [2.45, 2.75) is 32.8 Å². The molecule has 0 saturated heterocycles. The van der Waals surface area contributed by atoms with Crippen LogP contribution in [-0.4, -0.2) is 27.7 Å². The number of furan rings is 1. The van der Waals surface area contributed by atoms with E-state index in [0.717, 1.165) is 40.6 Å². The number of fused-ring (bicyclic) bond motifs is 1. The molecule has 0 spiro atoms. The lowest BCUT2D eigenvalue weighted by atomic mass is 10.1. The smallest absolute Gasteiger partial charge is 0.338 e. The number of methoxy groups -OCH3 is 1. The molecule has 0 aliphatic heterocycles. The number of hydrogen-bond acceptors (Lipinski definition) is 5. The molecule has 1 N–H and O–H groups in total. The van der Waals surface area contributed by atoms with E-state index in [9.17, 15) is 9.90 Å². The van der Waals surface area contributed by atoms with Crippen LogP contribution in [0.15, 0.2) is 51.4 Å². The van der Waals surface area contributed by atoms with Crippen LogP contribution >= 0.6 is 27.5 Å². The molecule has 6 nitrogen and oxygen atoms in total. The Morgan fingerprint density at radius 1 is 1.28 bits per heavy atom. The zero-order valence-corrected chi connectivity index (χ0v) is 20.0. The van der Waals surface area contributed by atoms with Crippen molar-refractivity contribution in [2.75, 3.05) is 7.11 Å². The van der Waals surface area contributed by atoms with Gasteiger partial charge in [0.15, 0.2) is 5.15 Å². The van der Waals surface area contributed by atoms with Gasteiger partial charge in [-0.1, -0.05) is 43.1 Å². The quantitative estimate of drug-likeness (QED) is 0.290. The number of carbonyl (C=O) groups is 1. The summed E-state index contributed by atoms with van der Waals surface area (Å²) in [6.07, 6.45) is 2.73. The van der Waals surface area contributed by atoms with E-state index in [0.29, 0.717) is 33.3 Å². The molecular weight excluding hydrogens is 496 g/mol. The summed E-state index contributed by atoms with van der Waals surface area (Å²) in [5, 5.41) is 11.0. The van der Waals surface area contributed by atoms with E-state index < -0.39 is 5.97 Å². The lowest BCUT2D eigenvalue weighted by Crippen LogP contribution is -2.05. The molecule has 0 atom stereocenters. The highest BCUT2D eigenvalue weighted by molar-refractivity contribution is 9.10. The maximum Gasteiger partial charge on any atom is 0.338 e. The topological polar surface area (TPSA) is 77.5 Å². The third-order valence-electron chi connectivity index (χ3n) is 5.34. The van der Waals surface area contributed by atoms with Crippen molar-refractivity contribution in [3.8, 4) is 17.0 Å². The van der Waals surface area contributed by atoms with Gasteiger partial charge in [-0.3, -0.25) is 4.57 Å². The summed E-state index contributed by atoms with van der Waals surface area (Å²) in [4.78, 5) is 16.7. The van der Waals surface area contributed by atoms with Crippen molar-refractivity contribution in [1.29, 1.82) is 0 Å². The van der Waals surface area contributed by atoms with Crippen LogP contribution in [0.25, 0.3) is 28.0 Å². The summed E-state index contributed by atoms with van der Waals surface area (Å²) in [5.41, 5.74) is 3.08. The van der Waals surface area contributed by atoms with Crippen molar-refractivity contribution in [2.24, 2.45) is 0 Å². The molecule has 8 heteroatoms. The Morgan fingerprint density at radius 3 is 2.78 bits per heavy atom. The molecule has 0 aliphatic carbocycles. The number of unbranched alkanes of at least 4 members (excludes halogenated alkanes) is 1. The average molecular weight is 518 g/mol. The highest BCUT2D eigenvalue weighted by Crippen LogP contribution is 2.40. The fourth-order valence-corrected chi connectivity index (χ4v) is 4.60. The van der Waals surface area contributed by atoms with Gasteiger partial charge in [0.1, 0.15) is 17.2 Å². The number of aliphatic hydroxyl groups is 1. The summed E-state index contributed by atoms with van der Waals surface area (Å²) in [6, 6.07) is 12.9. The summed E-state index contributed by atoms with van der Waals surface area (Å²) >= 11 is 9.97. The third-order valence-corrected chi connectivity index (χ3v) is 6.43. The number of benzene rings is 2. The first-order chi connectivity index (χ1) is 15.5. The molecule has 166 valence electrons. The number of hydrogen-bond donors (Lipinski definition) is 1. The third kappa shape index (κ3) is 3.96. The predicted octanol–water partition coefficient (Wildman–Crippen LogP) is 6.32. The minimum absolute atomic E-state index is 0.222. The maximum absolute atomic E-state index is 12.2. The molecule has 0 aliphatic rings. The Morgan fingerprint density at radius 2 is 2.06 bits per heavy atom. The molecule has 0 unspecified atom stereocenters. The lowest BCUT2D eigenvalue weighted by molar-refractivity contribution is 0.0601. The number of imidazole rings is 1. The molecule has 0 amide bonds. The zero-order chi connectivity index (χ0) is 22.8. The maximum atomic E-state index is 12.2. The highest BCUT2D eigenvalue weighted by atomic mass is 79.9. The predicted molar refractivity (Wildman–Crippen MR) is 127 cm³/mol. The monoisotopic (exact) mass is 516 g/mol. The molecule has 0 radical (unpaired) electrons. The summed E-state index contributed by atoms with van der Waals surface area (Å²) in [6.45, 7) is 1.89. The summed E-state index contributed by atoms with van der Waals surface area (Å²) in [7, 11) is 1.35. The van der Waals surface area contributed by atoms with Crippen LogP contribution in [0.4, 0.5) is 0 Å². The van der Waals surface area contributed by atoms with Gasteiger partial charge in [0.25, 0.3) is 0 Å². The molecule has 2 heterocycles. The fraction of sp³-hybridized carbons (Fsp3) is 0.250. The Bertz CT molecular complexity index is 1290. The largest absolute Gasteiger partial charge is 0.465 e.